The molecule has 0 bridgehead atoms. The first-order valence-corrected chi connectivity index (χ1v) is 10.2. The van der Waals surface area contributed by atoms with Gasteiger partial charge >= 0.3 is 0 Å². The van der Waals surface area contributed by atoms with Gasteiger partial charge in [0.2, 0.25) is 5.91 Å². The van der Waals surface area contributed by atoms with Crippen molar-refractivity contribution >= 4 is 28.5 Å². The van der Waals surface area contributed by atoms with Crippen molar-refractivity contribution in [3.8, 4) is 5.75 Å². The molecule has 1 atom stereocenters. The van der Waals surface area contributed by atoms with Crippen molar-refractivity contribution in [2.24, 2.45) is 4.99 Å². The number of aryl methyl sites for hydroxylation is 1. The van der Waals surface area contributed by atoms with Crippen LogP contribution in [0.3, 0.4) is 0 Å². The number of nitrogens with two attached hydrogens (primary N) is 1. The molecule has 1 aliphatic heterocycles. The maximum absolute atomic E-state index is 13.1. The number of carbonyl (C=O) groups is 1. The molecule has 0 aliphatic carbocycles. The Morgan fingerprint density at radius 1 is 1.24 bits per heavy atom. The second-order valence-electron chi connectivity index (χ2n) is 6.65. The second-order valence-corrected chi connectivity index (χ2v) is 7.64. The van der Waals surface area contributed by atoms with Gasteiger partial charge in [-0.1, -0.05) is 36.0 Å². The van der Waals surface area contributed by atoms with Gasteiger partial charge in [-0.05, 0) is 41.8 Å². The number of carbonyl (C=O) groups excluding carboxylic acids is 1. The number of benzene rings is 2. The number of aliphatic imine (C=N–C) groups is 1. The van der Waals surface area contributed by atoms with Crippen LogP contribution in [0.25, 0.3) is 0 Å². The predicted molar refractivity (Wildman–Crippen MR) is 113 cm³/mol. The molecular formula is C21H23F2N3O2S. The van der Waals surface area contributed by atoms with Crippen LogP contribution in [-0.4, -0.2) is 41.8 Å². The summed E-state index contributed by atoms with van der Waals surface area (Å²) in [5.41, 5.74) is 8.19. The molecule has 0 saturated carbocycles. The lowest BCUT2D eigenvalue weighted by Crippen LogP contribution is -2.38. The van der Waals surface area contributed by atoms with E-state index in [9.17, 15) is 13.6 Å². The summed E-state index contributed by atoms with van der Waals surface area (Å²) in [4.78, 5) is 18.4. The summed E-state index contributed by atoms with van der Waals surface area (Å²) in [5, 5.41) is 0.355. The third-order valence-electron chi connectivity index (χ3n) is 4.60. The van der Waals surface area contributed by atoms with Crippen LogP contribution in [0.1, 0.15) is 23.6 Å². The monoisotopic (exact) mass is 419 g/mol. The van der Waals surface area contributed by atoms with E-state index < -0.39 is 13.0 Å². The number of methoxy groups -OCH3 is 1. The number of alkyl halides is 2. The van der Waals surface area contributed by atoms with E-state index >= 15 is 0 Å². The van der Waals surface area contributed by atoms with Crippen LogP contribution in [0.15, 0.2) is 53.5 Å². The van der Waals surface area contributed by atoms with E-state index in [4.69, 9.17) is 10.5 Å². The number of ether oxygens (including phenoxy) is 1. The molecule has 29 heavy (non-hydrogen) atoms. The number of rotatable bonds is 7. The highest BCUT2D eigenvalue weighted by Gasteiger charge is 2.29. The van der Waals surface area contributed by atoms with Crippen molar-refractivity contribution in [3.05, 3.63) is 59.7 Å². The molecule has 5 nitrogen and oxygen atoms in total. The molecule has 1 aliphatic rings. The van der Waals surface area contributed by atoms with E-state index in [1.807, 2.05) is 36.4 Å². The summed E-state index contributed by atoms with van der Waals surface area (Å²) in [5.74, 6) is 0.983. The van der Waals surface area contributed by atoms with Crippen molar-refractivity contribution in [1.29, 1.82) is 0 Å². The number of hydrogen-bond acceptors (Lipinski definition) is 5. The van der Waals surface area contributed by atoms with E-state index in [0.717, 1.165) is 21.8 Å². The van der Waals surface area contributed by atoms with Gasteiger partial charge in [-0.25, -0.2) is 8.78 Å². The molecule has 3 rings (SSSR count). The number of amidine groups is 1. The molecule has 2 aromatic carbocycles. The molecule has 2 N–H and O–H groups in total. The van der Waals surface area contributed by atoms with Crippen LogP contribution in [0.5, 0.6) is 5.75 Å². The summed E-state index contributed by atoms with van der Waals surface area (Å²) in [6, 6.07) is 14.5. The highest BCUT2D eigenvalue weighted by Crippen LogP contribution is 2.33. The Bertz CT molecular complexity index is 857. The molecule has 1 unspecified atom stereocenters. The van der Waals surface area contributed by atoms with Crippen molar-refractivity contribution in [2.75, 3.05) is 25.1 Å². The van der Waals surface area contributed by atoms with Gasteiger partial charge in [0.1, 0.15) is 5.75 Å². The van der Waals surface area contributed by atoms with Crippen molar-refractivity contribution < 1.29 is 18.3 Å². The van der Waals surface area contributed by atoms with Gasteiger partial charge in [-0.3, -0.25) is 14.7 Å². The SMILES string of the molecule is COc1ccc(C2CSC(N(CC(F)F)C(=O)CCc3ccc(N)cc3)=N2)cc1. The number of nitrogen functional groups attached to an aromatic ring is 1. The fourth-order valence-corrected chi connectivity index (χ4v) is 4.11. The zero-order valence-electron chi connectivity index (χ0n) is 16.1. The topological polar surface area (TPSA) is 67.9 Å². The smallest absolute Gasteiger partial charge is 0.256 e. The molecular weight excluding hydrogens is 396 g/mol. The maximum Gasteiger partial charge on any atom is 0.256 e. The molecule has 0 saturated heterocycles. The minimum Gasteiger partial charge on any atom is -0.497 e. The molecule has 1 amide bonds. The fourth-order valence-electron chi connectivity index (χ4n) is 3.00. The standard InChI is InChI=1S/C21H23F2N3O2S/c1-28-17-9-5-15(6-10-17)18-13-29-21(25-18)26(12-19(22)23)20(27)11-4-14-2-7-16(24)8-3-14/h2-3,5-10,18-19H,4,11-13,24H2,1H3. The highest BCUT2D eigenvalue weighted by molar-refractivity contribution is 8.14. The number of nitrogens with zero attached hydrogens (tertiary/aromatic N) is 2. The molecule has 0 radical (unpaired) electrons. The Morgan fingerprint density at radius 2 is 1.93 bits per heavy atom. The third kappa shape index (κ3) is 5.69. The van der Waals surface area contributed by atoms with Crippen molar-refractivity contribution in [2.45, 2.75) is 25.3 Å². The quantitative estimate of drug-likeness (QED) is 0.685. The Balaban J connectivity index is 1.69. The first-order valence-electron chi connectivity index (χ1n) is 9.23. The zero-order valence-corrected chi connectivity index (χ0v) is 16.9. The van der Waals surface area contributed by atoms with Crippen LogP contribution in [-0.2, 0) is 11.2 Å². The maximum atomic E-state index is 13.1. The average Bonchev–Trinajstić information content (AvgIpc) is 3.21. The van der Waals surface area contributed by atoms with Crippen molar-refractivity contribution in [1.82, 2.24) is 4.90 Å². The molecule has 8 heteroatoms. The van der Waals surface area contributed by atoms with Gasteiger partial charge in [0.05, 0.1) is 19.7 Å². The lowest BCUT2D eigenvalue weighted by molar-refractivity contribution is -0.128. The van der Waals surface area contributed by atoms with E-state index in [1.54, 1.807) is 19.2 Å². The Labute approximate surface area is 172 Å². The van der Waals surface area contributed by atoms with Gasteiger partial charge in [0, 0.05) is 17.9 Å². The van der Waals surface area contributed by atoms with Gasteiger partial charge in [-0.15, -0.1) is 0 Å². The highest BCUT2D eigenvalue weighted by atomic mass is 32.2. The van der Waals surface area contributed by atoms with E-state index in [2.05, 4.69) is 4.99 Å². The number of halogens is 2. The number of amides is 1. The Hall–Kier alpha value is -2.61. The van der Waals surface area contributed by atoms with Crippen LogP contribution in [0.4, 0.5) is 14.5 Å². The van der Waals surface area contributed by atoms with Crippen molar-refractivity contribution in [3.63, 3.8) is 0 Å². The molecule has 0 spiro atoms. The summed E-state index contributed by atoms with van der Waals surface area (Å²) in [6.45, 7) is -0.651. The summed E-state index contributed by atoms with van der Waals surface area (Å²) >= 11 is 1.33. The fraction of sp³-hybridized carbons (Fsp3) is 0.333. The summed E-state index contributed by atoms with van der Waals surface area (Å²) in [6.07, 6.45) is -2.04. The van der Waals surface area contributed by atoms with Gasteiger partial charge in [0.25, 0.3) is 6.43 Å². The predicted octanol–water partition coefficient (Wildman–Crippen LogP) is 4.15. The van der Waals surface area contributed by atoms with Crippen LogP contribution >= 0.6 is 11.8 Å². The molecule has 2 aromatic rings. The Morgan fingerprint density at radius 3 is 2.55 bits per heavy atom. The number of hydrogen-bond donors (Lipinski definition) is 1. The third-order valence-corrected chi connectivity index (χ3v) is 5.66. The summed E-state index contributed by atoms with van der Waals surface area (Å²) < 4.78 is 31.4. The van der Waals surface area contributed by atoms with Crippen LogP contribution in [0.2, 0.25) is 0 Å². The zero-order chi connectivity index (χ0) is 20.8. The lowest BCUT2D eigenvalue weighted by atomic mass is 10.1. The largest absolute Gasteiger partial charge is 0.497 e. The minimum atomic E-state index is -2.63. The molecule has 154 valence electrons. The van der Waals surface area contributed by atoms with E-state index in [-0.39, 0.29) is 18.4 Å². The normalized spacial score (nSPS) is 16.0. The Kier molecular flexibility index (Phi) is 7.09. The number of anilines is 1. The molecule has 0 fully saturated rings. The minimum absolute atomic E-state index is 0.128. The molecule has 1 heterocycles. The van der Waals surface area contributed by atoms with E-state index in [0.29, 0.717) is 23.0 Å². The summed E-state index contributed by atoms with van der Waals surface area (Å²) in [7, 11) is 1.59. The second kappa shape index (κ2) is 9.73. The van der Waals surface area contributed by atoms with E-state index in [1.165, 1.54) is 11.8 Å². The lowest BCUT2D eigenvalue weighted by Gasteiger charge is -2.21. The first-order chi connectivity index (χ1) is 14.0. The average molecular weight is 419 g/mol. The van der Waals surface area contributed by atoms with Gasteiger partial charge in [0.15, 0.2) is 5.17 Å². The first kappa shape index (κ1) is 21.1. The van der Waals surface area contributed by atoms with Gasteiger partial charge < -0.3 is 10.5 Å². The number of thioether (sulfide) groups is 1. The van der Waals surface area contributed by atoms with Gasteiger partial charge in [-0.2, -0.15) is 0 Å². The van der Waals surface area contributed by atoms with Crippen LogP contribution in [0, 0.1) is 0 Å². The molecule has 0 aromatic heterocycles. The van der Waals surface area contributed by atoms with Crippen LogP contribution < -0.4 is 10.5 Å².